The van der Waals surface area contributed by atoms with E-state index in [4.69, 9.17) is 5.73 Å². The lowest BCUT2D eigenvalue weighted by Gasteiger charge is -2.41. The van der Waals surface area contributed by atoms with Gasteiger partial charge in [-0.25, -0.2) is 0 Å². The zero-order valence-corrected chi connectivity index (χ0v) is 14.9. The summed E-state index contributed by atoms with van der Waals surface area (Å²) in [4.78, 5) is 15.3. The van der Waals surface area contributed by atoms with Gasteiger partial charge in [-0.2, -0.15) is 0 Å². The van der Waals surface area contributed by atoms with E-state index in [-0.39, 0.29) is 17.9 Å². The minimum Gasteiger partial charge on any atom is -0.398 e. The molecule has 128 valence electrons. The van der Waals surface area contributed by atoms with Gasteiger partial charge in [-0.15, -0.1) is 0 Å². The molecule has 3 N–H and O–H groups in total. The second-order valence-electron chi connectivity index (χ2n) is 7.05. The fourth-order valence-corrected chi connectivity index (χ4v) is 3.60. The molecule has 4 nitrogen and oxygen atoms in total. The Labute approximate surface area is 140 Å². The van der Waals surface area contributed by atoms with E-state index >= 15 is 0 Å². The molecule has 1 saturated heterocycles. The molecule has 1 aliphatic rings. The zero-order valence-electron chi connectivity index (χ0n) is 14.9. The smallest absolute Gasteiger partial charge is 0.242 e. The van der Waals surface area contributed by atoms with Crippen LogP contribution < -0.4 is 11.1 Å². The molecule has 1 amide bonds. The lowest BCUT2D eigenvalue weighted by Crippen LogP contribution is -2.53. The van der Waals surface area contributed by atoms with Crippen LogP contribution in [-0.4, -0.2) is 29.4 Å². The van der Waals surface area contributed by atoms with E-state index in [0.29, 0.717) is 11.7 Å². The molecule has 0 aliphatic carbocycles. The Morgan fingerprint density at radius 2 is 2.13 bits per heavy atom. The van der Waals surface area contributed by atoms with Crippen LogP contribution in [0.25, 0.3) is 0 Å². The van der Waals surface area contributed by atoms with Crippen molar-refractivity contribution in [2.75, 3.05) is 17.6 Å². The standard InChI is InChI=1S/C19H31N3O/c1-5-16-8-6-7-11-22(16)18(13(2)3)19(23)21-15-10-9-14(4)17(20)12-15/h9-10,12-13,16,18H,5-8,11,20H2,1-4H3,(H,21,23). The van der Waals surface area contributed by atoms with Gasteiger partial charge in [0.25, 0.3) is 0 Å². The molecule has 2 atom stereocenters. The fraction of sp³-hybridized carbons (Fsp3) is 0.632. The number of carbonyl (C=O) groups excluding carboxylic acids is 1. The lowest BCUT2D eigenvalue weighted by molar-refractivity contribution is -0.124. The molecule has 1 heterocycles. The molecular weight excluding hydrogens is 286 g/mol. The van der Waals surface area contributed by atoms with Gasteiger partial charge in [0.05, 0.1) is 6.04 Å². The minimum atomic E-state index is -0.0808. The highest BCUT2D eigenvalue weighted by Crippen LogP contribution is 2.26. The summed E-state index contributed by atoms with van der Waals surface area (Å²) < 4.78 is 0. The minimum absolute atomic E-state index is 0.0808. The average Bonchev–Trinajstić information content (AvgIpc) is 2.51. The third-order valence-corrected chi connectivity index (χ3v) is 4.95. The number of nitrogen functional groups attached to an aromatic ring is 1. The molecule has 1 fully saturated rings. The first kappa shape index (κ1) is 17.8. The van der Waals surface area contributed by atoms with Crippen molar-refractivity contribution in [2.45, 2.75) is 65.5 Å². The summed E-state index contributed by atoms with van der Waals surface area (Å²) in [6, 6.07) is 6.16. The molecule has 0 radical (unpaired) electrons. The summed E-state index contributed by atoms with van der Waals surface area (Å²) in [7, 11) is 0. The number of amides is 1. The molecule has 0 saturated carbocycles. The summed E-state index contributed by atoms with van der Waals surface area (Å²) in [5.74, 6) is 0.369. The maximum atomic E-state index is 12.9. The largest absolute Gasteiger partial charge is 0.398 e. The zero-order chi connectivity index (χ0) is 17.0. The first-order valence-corrected chi connectivity index (χ1v) is 8.86. The van der Waals surface area contributed by atoms with Crippen LogP contribution in [0.4, 0.5) is 11.4 Å². The number of nitrogens with two attached hydrogens (primary N) is 1. The van der Waals surface area contributed by atoms with Crippen molar-refractivity contribution in [1.29, 1.82) is 0 Å². The van der Waals surface area contributed by atoms with E-state index in [0.717, 1.165) is 24.2 Å². The van der Waals surface area contributed by atoms with Crippen LogP contribution in [0.15, 0.2) is 18.2 Å². The molecule has 1 aromatic carbocycles. The number of rotatable bonds is 5. The van der Waals surface area contributed by atoms with Gasteiger partial charge in [-0.3, -0.25) is 9.69 Å². The SMILES string of the molecule is CCC1CCCCN1C(C(=O)Nc1ccc(C)c(N)c1)C(C)C. The highest BCUT2D eigenvalue weighted by atomic mass is 16.2. The maximum absolute atomic E-state index is 12.9. The normalized spacial score (nSPS) is 20.5. The van der Waals surface area contributed by atoms with Gasteiger partial charge < -0.3 is 11.1 Å². The molecule has 4 heteroatoms. The first-order chi connectivity index (χ1) is 10.9. The van der Waals surface area contributed by atoms with E-state index in [9.17, 15) is 4.79 Å². The molecule has 0 spiro atoms. The van der Waals surface area contributed by atoms with Gasteiger partial charge in [0.1, 0.15) is 0 Å². The van der Waals surface area contributed by atoms with Gasteiger partial charge in [0.2, 0.25) is 5.91 Å². The van der Waals surface area contributed by atoms with Crippen molar-refractivity contribution in [2.24, 2.45) is 5.92 Å². The summed E-state index contributed by atoms with van der Waals surface area (Å²) >= 11 is 0. The van der Waals surface area contributed by atoms with Crippen molar-refractivity contribution in [3.05, 3.63) is 23.8 Å². The topological polar surface area (TPSA) is 58.4 Å². The number of carbonyl (C=O) groups is 1. The molecule has 2 rings (SSSR count). The van der Waals surface area contributed by atoms with E-state index in [1.54, 1.807) is 0 Å². The number of anilines is 2. The summed E-state index contributed by atoms with van der Waals surface area (Å²) in [6.07, 6.45) is 4.76. The van der Waals surface area contributed by atoms with E-state index < -0.39 is 0 Å². The maximum Gasteiger partial charge on any atom is 0.242 e. The van der Waals surface area contributed by atoms with Crippen LogP contribution in [0, 0.1) is 12.8 Å². The highest BCUT2D eigenvalue weighted by molar-refractivity contribution is 5.95. The Balaban J connectivity index is 2.16. The third kappa shape index (κ3) is 4.25. The second-order valence-corrected chi connectivity index (χ2v) is 7.05. The predicted molar refractivity (Wildman–Crippen MR) is 97.5 cm³/mol. The van der Waals surface area contributed by atoms with Crippen molar-refractivity contribution in [1.82, 2.24) is 4.90 Å². The number of likely N-dealkylation sites (tertiary alicyclic amines) is 1. The van der Waals surface area contributed by atoms with E-state index in [2.05, 4.69) is 31.0 Å². The van der Waals surface area contributed by atoms with Crippen molar-refractivity contribution in [3.8, 4) is 0 Å². The molecule has 2 unspecified atom stereocenters. The first-order valence-electron chi connectivity index (χ1n) is 8.86. The fourth-order valence-electron chi connectivity index (χ4n) is 3.60. The molecule has 23 heavy (non-hydrogen) atoms. The number of hydrogen-bond acceptors (Lipinski definition) is 3. The molecule has 1 aliphatic heterocycles. The monoisotopic (exact) mass is 317 g/mol. The van der Waals surface area contributed by atoms with Crippen LogP contribution in [0.3, 0.4) is 0 Å². The number of nitrogens with zero attached hydrogens (tertiary/aromatic N) is 1. The van der Waals surface area contributed by atoms with Gasteiger partial charge in [0, 0.05) is 17.4 Å². The van der Waals surface area contributed by atoms with Crippen LogP contribution >= 0.6 is 0 Å². The number of benzene rings is 1. The van der Waals surface area contributed by atoms with Crippen LogP contribution in [0.2, 0.25) is 0 Å². The Bertz CT molecular complexity index is 541. The lowest BCUT2D eigenvalue weighted by atomic mass is 9.92. The molecule has 0 bridgehead atoms. The van der Waals surface area contributed by atoms with E-state index in [1.807, 2.05) is 25.1 Å². The molecular formula is C19H31N3O. The van der Waals surface area contributed by atoms with Gasteiger partial charge >= 0.3 is 0 Å². The number of piperidine rings is 1. The van der Waals surface area contributed by atoms with Gasteiger partial charge in [-0.05, 0) is 56.3 Å². The van der Waals surface area contributed by atoms with Gasteiger partial charge in [-0.1, -0.05) is 33.3 Å². The highest BCUT2D eigenvalue weighted by Gasteiger charge is 2.34. The Morgan fingerprint density at radius 3 is 2.74 bits per heavy atom. The van der Waals surface area contributed by atoms with Crippen LogP contribution in [-0.2, 0) is 4.79 Å². The van der Waals surface area contributed by atoms with Crippen molar-refractivity contribution >= 4 is 17.3 Å². The quantitative estimate of drug-likeness (QED) is 0.812. The Kier molecular flexibility index (Phi) is 6.05. The van der Waals surface area contributed by atoms with Gasteiger partial charge in [0.15, 0.2) is 0 Å². The number of hydrogen-bond donors (Lipinski definition) is 2. The van der Waals surface area contributed by atoms with Crippen LogP contribution in [0.1, 0.15) is 52.0 Å². The summed E-state index contributed by atoms with van der Waals surface area (Å²) in [6.45, 7) is 9.48. The summed E-state index contributed by atoms with van der Waals surface area (Å²) in [5, 5.41) is 3.07. The van der Waals surface area contributed by atoms with Crippen molar-refractivity contribution < 1.29 is 4.79 Å². The molecule has 0 aromatic heterocycles. The number of nitrogens with one attached hydrogen (secondary N) is 1. The Morgan fingerprint density at radius 1 is 1.39 bits per heavy atom. The number of aryl methyl sites for hydroxylation is 1. The average molecular weight is 317 g/mol. The third-order valence-electron chi connectivity index (χ3n) is 4.95. The van der Waals surface area contributed by atoms with Crippen LogP contribution in [0.5, 0.6) is 0 Å². The second kappa shape index (κ2) is 7.82. The molecule has 1 aromatic rings. The predicted octanol–water partition coefficient (Wildman–Crippen LogP) is 3.80. The van der Waals surface area contributed by atoms with Crippen molar-refractivity contribution in [3.63, 3.8) is 0 Å². The summed E-state index contributed by atoms with van der Waals surface area (Å²) in [5.41, 5.74) is 8.49. The Hall–Kier alpha value is -1.55. The van der Waals surface area contributed by atoms with E-state index in [1.165, 1.54) is 19.3 Å².